The highest BCUT2D eigenvalue weighted by Crippen LogP contribution is 2.63. The zero-order valence-electron chi connectivity index (χ0n) is 30.7. The number of fused-ring (bicyclic) bond motifs is 12. The largest absolute Gasteiger partial charge is 0.457 e. The molecule has 0 saturated heterocycles. The minimum atomic E-state index is -0.676. The van der Waals surface area contributed by atoms with Gasteiger partial charge in [0.2, 0.25) is 0 Å². The number of aromatic nitrogens is 4. The summed E-state index contributed by atoms with van der Waals surface area (Å²) in [6.45, 7) is 0. The molecule has 2 aromatic heterocycles. The first-order valence-electron chi connectivity index (χ1n) is 19.3. The van der Waals surface area contributed by atoms with Crippen molar-refractivity contribution in [3.8, 4) is 62.5 Å². The molecule has 2 aliphatic rings. The van der Waals surface area contributed by atoms with Crippen molar-refractivity contribution < 1.29 is 4.74 Å². The first-order valence-corrected chi connectivity index (χ1v) is 19.3. The summed E-state index contributed by atoms with van der Waals surface area (Å²) in [5.41, 5.74) is 12.4. The Balaban J connectivity index is 1.13. The molecule has 0 amide bonds. The van der Waals surface area contributed by atoms with E-state index in [4.69, 9.17) is 19.7 Å². The van der Waals surface area contributed by atoms with Gasteiger partial charge in [0, 0.05) is 44.3 Å². The number of rotatable bonds is 4. The lowest BCUT2D eigenvalue weighted by Crippen LogP contribution is -2.32. The molecule has 0 N–H and O–H groups in total. The Morgan fingerprint density at radius 1 is 0.386 bits per heavy atom. The number of hydrogen-bond acceptors (Lipinski definition) is 4. The highest BCUT2D eigenvalue weighted by Gasteiger charge is 2.52. The van der Waals surface area contributed by atoms with Crippen LogP contribution in [0.25, 0.3) is 72.8 Å². The Hall–Kier alpha value is -7.63. The van der Waals surface area contributed by atoms with Crippen molar-refractivity contribution in [2.24, 2.45) is 0 Å². The third-order valence-corrected chi connectivity index (χ3v) is 11.7. The van der Waals surface area contributed by atoms with Crippen molar-refractivity contribution in [1.29, 1.82) is 0 Å². The van der Waals surface area contributed by atoms with Gasteiger partial charge in [-0.15, -0.1) is 0 Å². The molecule has 57 heavy (non-hydrogen) atoms. The van der Waals surface area contributed by atoms with Crippen LogP contribution in [0, 0.1) is 0 Å². The topological polar surface area (TPSA) is 52.8 Å². The summed E-state index contributed by atoms with van der Waals surface area (Å²) >= 11 is 0. The molecule has 1 aliphatic carbocycles. The first kappa shape index (κ1) is 31.7. The number of nitrogens with zero attached hydrogens (tertiary/aromatic N) is 4. The summed E-state index contributed by atoms with van der Waals surface area (Å²) < 4.78 is 8.98. The van der Waals surface area contributed by atoms with Crippen LogP contribution in [0.5, 0.6) is 11.5 Å². The van der Waals surface area contributed by atoms with E-state index in [1.165, 1.54) is 21.9 Å². The maximum Gasteiger partial charge on any atom is 0.164 e. The lowest BCUT2D eigenvalue weighted by Gasteiger charge is -2.40. The van der Waals surface area contributed by atoms with Crippen LogP contribution < -0.4 is 4.74 Å². The Kier molecular flexibility index (Phi) is 6.78. The van der Waals surface area contributed by atoms with Crippen LogP contribution in [-0.4, -0.2) is 19.5 Å². The number of para-hydroxylation sites is 4. The van der Waals surface area contributed by atoms with Gasteiger partial charge >= 0.3 is 0 Å². The molecule has 1 spiro atoms. The molecule has 8 aromatic carbocycles. The van der Waals surface area contributed by atoms with E-state index >= 15 is 0 Å². The molecule has 3 heterocycles. The van der Waals surface area contributed by atoms with Crippen LogP contribution in [0.1, 0.15) is 22.3 Å². The number of hydrogen-bond donors (Lipinski definition) is 0. The van der Waals surface area contributed by atoms with Gasteiger partial charge in [-0.05, 0) is 58.7 Å². The van der Waals surface area contributed by atoms with Crippen LogP contribution in [-0.2, 0) is 5.41 Å². The number of benzene rings is 8. The average Bonchev–Trinajstić information content (AvgIpc) is 3.78. The van der Waals surface area contributed by atoms with E-state index in [0.717, 1.165) is 67.2 Å². The zero-order chi connectivity index (χ0) is 37.5. The third-order valence-electron chi connectivity index (χ3n) is 11.7. The first-order chi connectivity index (χ1) is 28.3. The lowest BCUT2D eigenvalue weighted by molar-refractivity contribution is 0.436. The zero-order valence-corrected chi connectivity index (χ0v) is 30.7. The second-order valence-electron chi connectivity index (χ2n) is 14.7. The summed E-state index contributed by atoms with van der Waals surface area (Å²) in [5.74, 6) is 3.53. The van der Waals surface area contributed by atoms with E-state index < -0.39 is 5.41 Å². The van der Waals surface area contributed by atoms with E-state index in [0.29, 0.717) is 17.5 Å². The standard InChI is InChI=1S/C52H32N4O/c1-2-16-33(17-3-1)49-53-50(34-18-14-19-35(32-34)56-44-28-10-5-21-37(44)38-22-6-11-29-45(38)56)55-51(54-49)40-24-15-23-39-36-20-4-7-25-41(36)52(48(39)40)42-26-8-12-30-46(42)57-47-31-13-9-27-43(47)52/h1-32H. The SMILES string of the molecule is c1ccc(-c2nc(-c3cccc(-n4c5ccccc5c5ccccc54)c3)nc(-c3cccc4c3C3(c5ccccc5Oc5ccccc53)c3ccccc3-4)n2)cc1. The molecule has 5 heteroatoms. The second-order valence-corrected chi connectivity index (χ2v) is 14.7. The van der Waals surface area contributed by atoms with Gasteiger partial charge in [0.05, 0.1) is 16.4 Å². The normalized spacial score (nSPS) is 13.2. The van der Waals surface area contributed by atoms with Gasteiger partial charge in [-0.3, -0.25) is 0 Å². The summed E-state index contributed by atoms with van der Waals surface area (Å²) in [6.07, 6.45) is 0. The predicted molar refractivity (Wildman–Crippen MR) is 228 cm³/mol. The molecular weight excluding hydrogens is 697 g/mol. The van der Waals surface area contributed by atoms with Gasteiger partial charge in [0.15, 0.2) is 17.5 Å². The van der Waals surface area contributed by atoms with E-state index in [2.05, 4.69) is 168 Å². The van der Waals surface area contributed by atoms with Crippen molar-refractivity contribution in [2.75, 3.05) is 0 Å². The Bertz CT molecular complexity index is 3140. The van der Waals surface area contributed by atoms with Crippen LogP contribution in [0.4, 0.5) is 0 Å². The van der Waals surface area contributed by atoms with Gasteiger partial charge in [0.1, 0.15) is 11.5 Å². The van der Waals surface area contributed by atoms with E-state index in [-0.39, 0.29) is 0 Å². The molecule has 0 atom stereocenters. The van der Waals surface area contributed by atoms with Gasteiger partial charge in [-0.2, -0.15) is 0 Å². The van der Waals surface area contributed by atoms with Gasteiger partial charge < -0.3 is 9.30 Å². The monoisotopic (exact) mass is 728 g/mol. The summed E-state index contributed by atoms with van der Waals surface area (Å²) in [7, 11) is 0. The molecule has 0 unspecified atom stereocenters. The predicted octanol–water partition coefficient (Wildman–Crippen LogP) is 12.4. The molecule has 5 nitrogen and oxygen atoms in total. The Morgan fingerprint density at radius 3 is 1.61 bits per heavy atom. The Morgan fingerprint density at radius 2 is 0.895 bits per heavy atom. The molecule has 12 rings (SSSR count). The maximum absolute atomic E-state index is 6.65. The van der Waals surface area contributed by atoms with Crippen LogP contribution in [0.2, 0.25) is 0 Å². The van der Waals surface area contributed by atoms with E-state index in [1.54, 1.807) is 0 Å². The third kappa shape index (κ3) is 4.54. The molecule has 0 bridgehead atoms. The van der Waals surface area contributed by atoms with Crippen LogP contribution in [0.3, 0.4) is 0 Å². The van der Waals surface area contributed by atoms with Crippen molar-refractivity contribution in [2.45, 2.75) is 5.41 Å². The van der Waals surface area contributed by atoms with E-state index in [1.807, 2.05) is 30.3 Å². The average molecular weight is 729 g/mol. The van der Waals surface area contributed by atoms with Crippen LogP contribution >= 0.6 is 0 Å². The van der Waals surface area contributed by atoms with Gasteiger partial charge in [-0.1, -0.05) is 158 Å². The number of ether oxygens (including phenoxy) is 1. The quantitative estimate of drug-likeness (QED) is 0.181. The fourth-order valence-electron chi connectivity index (χ4n) is 9.43. The minimum absolute atomic E-state index is 0.608. The van der Waals surface area contributed by atoms with Crippen LogP contribution in [0.15, 0.2) is 194 Å². The molecule has 0 radical (unpaired) electrons. The summed E-state index contributed by atoms with van der Waals surface area (Å²) in [6, 6.07) is 68.2. The molecule has 10 aromatic rings. The van der Waals surface area contributed by atoms with Crippen molar-refractivity contribution in [1.82, 2.24) is 19.5 Å². The van der Waals surface area contributed by atoms with Crippen molar-refractivity contribution >= 4 is 21.8 Å². The Labute approximate surface area is 329 Å². The minimum Gasteiger partial charge on any atom is -0.457 e. The smallest absolute Gasteiger partial charge is 0.164 e. The lowest BCUT2D eigenvalue weighted by atomic mass is 9.65. The fraction of sp³-hybridized carbons (Fsp3) is 0.0192. The molecule has 266 valence electrons. The summed E-state index contributed by atoms with van der Waals surface area (Å²) in [4.78, 5) is 15.9. The molecule has 0 saturated carbocycles. The molecule has 1 aliphatic heterocycles. The summed E-state index contributed by atoms with van der Waals surface area (Å²) in [5, 5.41) is 2.44. The second kappa shape index (κ2) is 12.2. The van der Waals surface area contributed by atoms with E-state index in [9.17, 15) is 0 Å². The molecule has 0 fully saturated rings. The fourth-order valence-corrected chi connectivity index (χ4v) is 9.43. The van der Waals surface area contributed by atoms with Gasteiger partial charge in [0.25, 0.3) is 0 Å². The van der Waals surface area contributed by atoms with Crippen molar-refractivity contribution in [3.63, 3.8) is 0 Å². The highest BCUT2D eigenvalue weighted by atomic mass is 16.5. The highest BCUT2D eigenvalue weighted by molar-refractivity contribution is 6.09. The van der Waals surface area contributed by atoms with Crippen molar-refractivity contribution in [3.05, 3.63) is 216 Å². The molecular formula is C52H32N4O. The van der Waals surface area contributed by atoms with Gasteiger partial charge in [-0.25, -0.2) is 15.0 Å². The maximum atomic E-state index is 6.65.